The summed E-state index contributed by atoms with van der Waals surface area (Å²) in [6, 6.07) is 5.99. The van der Waals surface area contributed by atoms with Crippen molar-refractivity contribution in [2.24, 2.45) is 0 Å². The van der Waals surface area contributed by atoms with Crippen LogP contribution in [0.3, 0.4) is 0 Å². The van der Waals surface area contributed by atoms with Crippen LogP contribution in [0.2, 0.25) is 0 Å². The molecule has 0 radical (unpaired) electrons. The van der Waals surface area contributed by atoms with Crippen molar-refractivity contribution in [2.45, 2.75) is 18.7 Å². The van der Waals surface area contributed by atoms with Gasteiger partial charge in [0.05, 0.1) is 0 Å². The zero-order valence-electron chi connectivity index (χ0n) is 11.2. The maximum absolute atomic E-state index is 13.6. The van der Waals surface area contributed by atoms with Gasteiger partial charge in [0, 0.05) is 5.69 Å². The van der Waals surface area contributed by atoms with Crippen LogP contribution in [-0.4, -0.2) is 8.42 Å². The van der Waals surface area contributed by atoms with E-state index in [1.54, 1.807) is 19.1 Å². The van der Waals surface area contributed by atoms with Gasteiger partial charge >= 0.3 is 0 Å². The third kappa shape index (κ3) is 3.02. The molecular weight excluding hydrogens is 303 g/mol. The molecule has 0 saturated heterocycles. The van der Waals surface area contributed by atoms with E-state index in [2.05, 4.69) is 4.72 Å². The number of hydrogen-bond acceptors (Lipinski definition) is 2. The minimum Gasteiger partial charge on any atom is -0.280 e. The highest BCUT2D eigenvalue weighted by molar-refractivity contribution is 7.92. The Kier molecular flexibility index (Phi) is 3.95. The fraction of sp³-hybridized carbons (Fsp3) is 0.143. The largest absolute Gasteiger partial charge is 0.280 e. The van der Waals surface area contributed by atoms with E-state index in [0.717, 1.165) is 11.1 Å². The molecule has 0 saturated carbocycles. The second-order valence-electron chi connectivity index (χ2n) is 4.58. The number of aryl methyl sites for hydroxylation is 2. The van der Waals surface area contributed by atoms with Crippen molar-refractivity contribution in [3.63, 3.8) is 0 Å². The number of benzene rings is 2. The molecule has 2 aromatic carbocycles. The molecule has 0 heterocycles. The van der Waals surface area contributed by atoms with Crippen molar-refractivity contribution < 1.29 is 21.6 Å². The van der Waals surface area contributed by atoms with Gasteiger partial charge in [0.2, 0.25) is 0 Å². The van der Waals surface area contributed by atoms with E-state index in [1.807, 2.05) is 6.92 Å². The van der Waals surface area contributed by atoms with Gasteiger partial charge in [-0.3, -0.25) is 4.72 Å². The number of anilines is 1. The molecule has 21 heavy (non-hydrogen) atoms. The molecule has 0 aliphatic carbocycles. The van der Waals surface area contributed by atoms with Crippen LogP contribution in [0, 0.1) is 31.3 Å². The zero-order valence-corrected chi connectivity index (χ0v) is 12.1. The Labute approximate surface area is 120 Å². The summed E-state index contributed by atoms with van der Waals surface area (Å²) in [4.78, 5) is -0.945. The summed E-state index contributed by atoms with van der Waals surface area (Å²) < 4.78 is 65.8. The third-order valence-electron chi connectivity index (χ3n) is 3.05. The lowest BCUT2D eigenvalue weighted by molar-refractivity contribution is 0.432. The molecule has 3 nitrogen and oxygen atoms in total. The maximum Gasteiger partial charge on any atom is 0.264 e. The molecule has 0 fully saturated rings. The molecule has 2 rings (SSSR count). The van der Waals surface area contributed by atoms with Crippen LogP contribution in [-0.2, 0) is 10.0 Å². The summed E-state index contributed by atoms with van der Waals surface area (Å²) in [6.07, 6.45) is 0. The molecule has 0 aliphatic heterocycles. The number of nitrogens with one attached hydrogen (secondary N) is 1. The van der Waals surface area contributed by atoms with Gasteiger partial charge in [-0.2, -0.15) is 0 Å². The first-order valence-electron chi connectivity index (χ1n) is 5.96. The molecule has 112 valence electrons. The van der Waals surface area contributed by atoms with E-state index in [-0.39, 0.29) is 5.69 Å². The molecule has 0 bridgehead atoms. The molecule has 0 unspecified atom stereocenters. The fourth-order valence-electron chi connectivity index (χ4n) is 1.73. The Hall–Kier alpha value is -2.02. The van der Waals surface area contributed by atoms with Gasteiger partial charge in [-0.25, -0.2) is 21.6 Å². The van der Waals surface area contributed by atoms with Crippen LogP contribution < -0.4 is 4.72 Å². The van der Waals surface area contributed by atoms with E-state index < -0.39 is 32.4 Å². The monoisotopic (exact) mass is 315 g/mol. The van der Waals surface area contributed by atoms with Crippen molar-refractivity contribution in [3.05, 3.63) is 58.9 Å². The number of sulfonamides is 1. The van der Waals surface area contributed by atoms with E-state index in [9.17, 15) is 21.6 Å². The maximum atomic E-state index is 13.6. The normalized spacial score (nSPS) is 11.5. The van der Waals surface area contributed by atoms with Gasteiger partial charge in [-0.15, -0.1) is 0 Å². The van der Waals surface area contributed by atoms with Crippen molar-refractivity contribution >= 4 is 15.7 Å². The average molecular weight is 315 g/mol. The van der Waals surface area contributed by atoms with Crippen LogP contribution in [0.1, 0.15) is 11.1 Å². The quantitative estimate of drug-likeness (QED) is 0.881. The lowest BCUT2D eigenvalue weighted by Gasteiger charge is -2.11. The SMILES string of the molecule is Cc1ccc(NS(=O)(=O)c2ccc(F)c(F)c2F)cc1C. The standard InChI is InChI=1S/C14H12F3NO2S/c1-8-3-4-10(7-9(8)2)18-21(19,20)12-6-5-11(15)13(16)14(12)17/h3-7,18H,1-2H3. The van der Waals surface area contributed by atoms with Crippen LogP contribution in [0.5, 0.6) is 0 Å². The summed E-state index contributed by atoms with van der Waals surface area (Å²) in [5.41, 5.74) is 2.00. The minimum absolute atomic E-state index is 0.210. The first-order valence-corrected chi connectivity index (χ1v) is 7.44. The molecule has 1 N–H and O–H groups in total. The fourth-order valence-corrected chi connectivity index (χ4v) is 2.85. The Bertz CT molecular complexity index is 804. The first kappa shape index (κ1) is 15.4. The number of hydrogen-bond donors (Lipinski definition) is 1. The van der Waals surface area contributed by atoms with Crippen molar-refractivity contribution in [1.29, 1.82) is 0 Å². The summed E-state index contributed by atoms with van der Waals surface area (Å²) in [5, 5.41) is 0. The van der Waals surface area contributed by atoms with Crippen molar-refractivity contribution in [2.75, 3.05) is 4.72 Å². The van der Waals surface area contributed by atoms with Crippen LogP contribution in [0.25, 0.3) is 0 Å². The Morgan fingerprint density at radius 1 is 0.905 bits per heavy atom. The predicted molar refractivity (Wildman–Crippen MR) is 73.0 cm³/mol. The van der Waals surface area contributed by atoms with E-state index in [1.165, 1.54) is 6.07 Å². The number of rotatable bonds is 3. The van der Waals surface area contributed by atoms with Crippen LogP contribution >= 0.6 is 0 Å². The second-order valence-corrected chi connectivity index (χ2v) is 6.23. The summed E-state index contributed by atoms with van der Waals surface area (Å²) in [7, 11) is -4.34. The predicted octanol–water partition coefficient (Wildman–Crippen LogP) is 3.52. The van der Waals surface area contributed by atoms with Gasteiger partial charge in [0.15, 0.2) is 17.5 Å². The van der Waals surface area contributed by atoms with Crippen LogP contribution in [0.4, 0.5) is 18.9 Å². The molecular formula is C14H12F3NO2S. The van der Waals surface area contributed by atoms with Gasteiger partial charge in [-0.05, 0) is 49.2 Å². The third-order valence-corrected chi connectivity index (χ3v) is 4.45. The molecule has 2 aromatic rings. The zero-order chi connectivity index (χ0) is 15.8. The highest BCUT2D eigenvalue weighted by Crippen LogP contribution is 2.23. The van der Waals surface area contributed by atoms with E-state index >= 15 is 0 Å². The molecule has 0 amide bonds. The highest BCUT2D eigenvalue weighted by Gasteiger charge is 2.24. The second kappa shape index (κ2) is 5.40. The van der Waals surface area contributed by atoms with Crippen LogP contribution in [0.15, 0.2) is 35.2 Å². The summed E-state index contributed by atoms with van der Waals surface area (Å²) in [6.45, 7) is 3.63. The van der Waals surface area contributed by atoms with Gasteiger partial charge in [0.25, 0.3) is 10.0 Å². The van der Waals surface area contributed by atoms with Gasteiger partial charge in [0.1, 0.15) is 4.90 Å². The minimum atomic E-state index is -4.34. The van der Waals surface area contributed by atoms with Crippen molar-refractivity contribution in [1.82, 2.24) is 0 Å². The highest BCUT2D eigenvalue weighted by atomic mass is 32.2. The Morgan fingerprint density at radius 3 is 2.19 bits per heavy atom. The molecule has 0 atom stereocenters. The molecule has 0 aliphatic rings. The molecule has 0 aromatic heterocycles. The topological polar surface area (TPSA) is 46.2 Å². The smallest absolute Gasteiger partial charge is 0.264 e. The van der Waals surface area contributed by atoms with Crippen molar-refractivity contribution in [3.8, 4) is 0 Å². The molecule has 7 heteroatoms. The van der Waals surface area contributed by atoms with Gasteiger partial charge in [-0.1, -0.05) is 6.07 Å². The first-order chi connectivity index (χ1) is 9.72. The van der Waals surface area contributed by atoms with E-state index in [0.29, 0.717) is 12.1 Å². The average Bonchev–Trinajstić information content (AvgIpc) is 2.39. The van der Waals surface area contributed by atoms with E-state index in [4.69, 9.17) is 0 Å². The lowest BCUT2D eigenvalue weighted by Crippen LogP contribution is -2.16. The number of halogens is 3. The molecule has 0 spiro atoms. The Morgan fingerprint density at radius 2 is 1.57 bits per heavy atom. The Balaban J connectivity index is 2.43. The van der Waals surface area contributed by atoms with Gasteiger partial charge < -0.3 is 0 Å². The summed E-state index contributed by atoms with van der Waals surface area (Å²) in [5.74, 6) is -5.01. The lowest BCUT2D eigenvalue weighted by atomic mass is 10.1. The summed E-state index contributed by atoms with van der Waals surface area (Å²) >= 11 is 0.